The standard InChI is InChI=1S/C20H17N3O2/c1-13-7-3-4-8-14(13)17-11-19(24)23-20(22-17)16(12-21-23)15-9-5-6-10-18(15)25-2/h3-12,21H,1-2H3. The number of aromatic amines is 1. The van der Waals surface area contributed by atoms with Crippen molar-refractivity contribution >= 4 is 5.65 Å². The number of nitrogens with zero attached hydrogens (tertiary/aromatic N) is 2. The van der Waals surface area contributed by atoms with E-state index in [0.29, 0.717) is 11.3 Å². The smallest absolute Gasteiger partial charge is 0.273 e. The van der Waals surface area contributed by atoms with Gasteiger partial charge in [0.15, 0.2) is 5.65 Å². The van der Waals surface area contributed by atoms with Crippen LogP contribution in [0.25, 0.3) is 28.0 Å². The average Bonchev–Trinajstić information content (AvgIpc) is 3.06. The topological polar surface area (TPSA) is 59.4 Å². The highest BCUT2D eigenvalue weighted by molar-refractivity contribution is 5.82. The third kappa shape index (κ3) is 2.50. The van der Waals surface area contributed by atoms with Crippen molar-refractivity contribution in [1.29, 1.82) is 0 Å². The number of methoxy groups -OCH3 is 1. The molecule has 0 fully saturated rings. The minimum absolute atomic E-state index is 0.149. The normalized spacial score (nSPS) is 11.0. The molecule has 0 saturated heterocycles. The van der Waals surface area contributed by atoms with Gasteiger partial charge in [0.05, 0.1) is 12.8 Å². The van der Waals surface area contributed by atoms with Gasteiger partial charge in [-0.15, -0.1) is 0 Å². The highest BCUT2D eigenvalue weighted by Gasteiger charge is 2.15. The Morgan fingerprint density at radius 2 is 1.72 bits per heavy atom. The minimum Gasteiger partial charge on any atom is -0.496 e. The summed E-state index contributed by atoms with van der Waals surface area (Å²) in [6.45, 7) is 2.01. The van der Waals surface area contributed by atoms with E-state index in [9.17, 15) is 4.79 Å². The summed E-state index contributed by atoms with van der Waals surface area (Å²) in [7, 11) is 1.63. The van der Waals surface area contributed by atoms with Gasteiger partial charge in [-0.05, 0) is 18.6 Å². The second kappa shape index (κ2) is 5.94. The van der Waals surface area contributed by atoms with E-state index in [1.807, 2.05) is 55.5 Å². The molecule has 0 radical (unpaired) electrons. The number of H-pyrrole nitrogens is 1. The molecule has 5 heteroatoms. The molecule has 0 saturated carbocycles. The second-order valence-electron chi connectivity index (χ2n) is 5.84. The van der Waals surface area contributed by atoms with Crippen LogP contribution >= 0.6 is 0 Å². The van der Waals surface area contributed by atoms with Gasteiger partial charge in [-0.25, -0.2) is 9.50 Å². The summed E-state index contributed by atoms with van der Waals surface area (Å²) in [6.07, 6.45) is 1.78. The Morgan fingerprint density at radius 3 is 2.48 bits per heavy atom. The summed E-state index contributed by atoms with van der Waals surface area (Å²) in [6, 6.07) is 17.2. The number of hydrogen-bond donors (Lipinski definition) is 1. The van der Waals surface area contributed by atoms with E-state index in [1.54, 1.807) is 19.4 Å². The summed E-state index contributed by atoms with van der Waals surface area (Å²) >= 11 is 0. The van der Waals surface area contributed by atoms with Crippen molar-refractivity contribution in [2.45, 2.75) is 6.92 Å². The molecule has 0 bridgehead atoms. The molecular formula is C20H17N3O2. The highest BCUT2D eigenvalue weighted by Crippen LogP contribution is 2.32. The van der Waals surface area contributed by atoms with Gasteiger partial charge in [-0.2, -0.15) is 0 Å². The lowest BCUT2D eigenvalue weighted by atomic mass is 10.1. The predicted molar refractivity (Wildman–Crippen MR) is 98.0 cm³/mol. The lowest BCUT2D eigenvalue weighted by Gasteiger charge is -2.08. The van der Waals surface area contributed by atoms with E-state index in [0.717, 1.165) is 28.0 Å². The number of aromatic nitrogens is 3. The molecule has 2 aromatic carbocycles. The molecular weight excluding hydrogens is 314 g/mol. The Kier molecular flexibility index (Phi) is 3.61. The van der Waals surface area contributed by atoms with Crippen LogP contribution in [0.3, 0.4) is 0 Å². The number of fused-ring (bicyclic) bond motifs is 1. The van der Waals surface area contributed by atoms with Crippen LogP contribution in [0.1, 0.15) is 5.56 Å². The first-order valence-corrected chi connectivity index (χ1v) is 7.99. The summed E-state index contributed by atoms with van der Waals surface area (Å²) in [5, 5.41) is 2.99. The maximum absolute atomic E-state index is 12.5. The molecule has 0 aliphatic heterocycles. The van der Waals surface area contributed by atoms with Crippen molar-refractivity contribution in [3.8, 4) is 28.1 Å². The van der Waals surface area contributed by atoms with Gasteiger partial charge in [0.25, 0.3) is 5.56 Å². The molecule has 25 heavy (non-hydrogen) atoms. The van der Waals surface area contributed by atoms with Gasteiger partial charge in [0.2, 0.25) is 0 Å². The Balaban J connectivity index is 2.00. The number of ether oxygens (including phenoxy) is 1. The monoisotopic (exact) mass is 331 g/mol. The van der Waals surface area contributed by atoms with E-state index in [-0.39, 0.29) is 5.56 Å². The number of para-hydroxylation sites is 1. The van der Waals surface area contributed by atoms with Crippen LogP contribution in [-0.2, 0) is 0 Å². The SMILES string of the molecule is COc1ccccc1-c1c[nH]n2c(=O)cc(-c3ccccc3C)nc12. The van der Waals surface area contributed by atoms with Crippen LogP contribution in [0.2, 0.25) is 0 Å². The molecule has 2 aromatic heterocycles. The van der Waals surface area contributed by atoms with Crippen molar-refractivity contribution in [2.75, 3.05) is 7.11 Å². The Labute approximate surface area is 144 Å². The van der Waals surface area contributed by atoms with Crippen LogP contribution in [0.4, 0.5) is 0 Å². The molecule has 0 spiro atoms. The molecule has 0 unspecified atom stereocenters. The summed E-state index contributed by atoms with van der Waals surface area (Å²) in [5.41, 5.74) is 4.84. The fraction of sp³-hybridized carbons (Fsp3) is 0.100. The number of rotatable bonds is 3. The van der Waals surface area contributed by atoms with Crippen molar-refractivity contribution in [2.24, 2.45) is 0 Å². The molecule has 0 aliphatic carbocycles. The summed E-state index contributed by atoms with van der Waals surface area (Å²) in [4.78, 5) is 17.3. The Hall–Kier alpha value is -3.34. The zero-order valence-electron chi connectivity index (χ0n) is 14.0. The molecule has 124 valence electrons. The quantitative estimate of drug-likeness (QED) is 0.623. The van der Waals surface area contributed by atoms with Crippen molar-refractivity contribution < 1.29 is 4.74 Å². The average molecular weight is 331 g/mol. The second-order valence-corrected chi connectivity index (χ2v) is 5.84. The third-order valence-corrected chi connectivity index (χ3v) is 4.32. The maximum Gasteiger partial charge on any atom is 0.273 e. The number of nitrogens with one attached hydrogen (secondary N) is 1. The number of benzene rings is 2. The molecule has 5 nitrogen and oxygen atoms in total. The van der Waals surface area contributed by atoms with Gasteiger partial charge in [0, 0.05) is 29.0 Å². The molecule has 2 heterocycles. The molecule has 1 N–H and O–H groups in total. The predicted octanol–water partition coefficient (Wildman–Crippen LogP) is 3.67. The van der Waals surface area contributed by atoms with Gasteiger partial charge < -0.3 is 4.74 Å². The molecule has 0 atom stereocenters. The molecule has 0 aliphatic rings. The van der Waals surface area contributed by atoms with E-state index in [1.165, 1.54) is 4.52 Å². The zero-order valence-corrected chi connectivity index (χ0v) is 14.0. The maximum atomic E-state index is 12.5. The lowest BCUT2D eigenvalue weighted by Crippen LogP contribution is -2.14. The van der Waals surface area contributed by atoms with Crippen molar-refractivity contribution in [3.05, 3.63) is 76.7 Å². The fourth-order valence-corrected chi connectivity index (χ4v) is 3.04. The van der Waals surface area contributed by atoms with Crippen LogP contribution in [0.15, 0.2) is 65.6 Å². The van der Waals surface area contributed by atoms with Crippen LogP contribution in [0, 0.1) is 6.92 Å². The molecule has 0 amide bonds. The Morgan fingerprint density at radius 1 is 1.00 bits per heavy atom. The first-order chi connectivity index (χ1) is 12.2. The van der Waals surface area contributed by atoms with Crippen LogP contribution in [0.5, 0.6) is 5.75 Å². The Bertz CT molecular complexity index is 1130. The van der Waals surface area contributed by atoms with E-state index < -0.39 is 0 Å². The fourth-order valence-electron chi connectivity index (χ4n) is 3.04. The van der Waals surface area contributed by atoms with E-state index in [4.69, 9.17) is 9.72 Å². The lowest BCUT2D eigenvalue weighted by molar-refractivity contribution is 0.416. The first kappa shape index (κ1) is 15.2. The van der Waals surface area contributed by atoms with Gasteiger partial charge >= 0.3 is 0 Å². The largest absolute Gasteiger partial charge is 0.496 e. The first-order valence-electron chi connectivity index (χ1n) is 7.99. The van der Waals surface area contributed by atoms with E-state index in [2.05, 4.69) is 5.10 Å². The molecule has 4 aromatic rings. The van der Waals surface area contributed by atoms with Crippen molar-refractivity contribution in [1.82, 2.24) is 14.6 Å². The van der Waals surface area contributed by atoms with Gasteiger partial charge in [0.1, 0.15) is 5.75 Å². The summed E-state index contributed by atoms with van der Waals surface area (Å²) in [5.74, 6) is 0.736. The number of hydrogen-bond acceptors (Lipinski definition) is 3. The summed E-state index contributed by atoms with van der Waals surface area (Å²) < 4.78 is 6.90. The van der Waals surface area contributed by atoms with Crippen molar-refractivity contribution in [3.63, 3.8) is 0 Å². The van der Waals surface area contributed by atoms with Gasteiger partial charge in [-0.3, -0.25) is 9.89 Å². The van der Waals surface area contributed by atoms with Crippen LogP contribution in [-0.4, -0.2) is 21.7 Å². The zero-order chi connectivity index (χ0) is 17.4. The van der Waals surface area contributed by atoms with Gasteiger partial charge in [-0.1, -0.05) is 42.5 Å². The highest BCUT2D eigenvalue weighted by atomic mass is 16.5. The minimum atomic E-state index is -0.149. The van der Waals surface area contributed by atoms with E-state index >= 15 is 0 Å². The molecule has 4 rings (SSSR count). The van der Waals surface area contributed by atoms with Crippen LogP contribution < -0.4 is 10.3 Å². The third-order valence-electron chi connectivity index (χ3n) is 4.32. The number of aryl methyl sites for hydroxylation is 1.